The van der Waals surface area contributed by atoms with Crippen LogP contribution in [0.3, 0.4) is 0 Å². The second-order valence-corrected chi connectivity index (χ2v) is 7.09. The van der Waals surface area contributed by atoms with E-state index in [0.29, 0.717) is 24.4 Å². The van der Waals surface area contributed by atoms with Gasteiger partial charge >= 0.3 is 6.03 Å². The number of hydrogen-bond donors (Lipinski definition) is 3. The first-order valence-corrected chi connectivity index (χ1v) is 10.0. The summed E-state index contributed by atoms with van der Waals surface area (Å²) in [6, 6.07) is 8.40. The normalized spacial score (nSPS) is 11.6. The summed E-state index contributed by atoms with van der Waals surface area (Å²) in [6.45, 7) is 3.69. The first kappa shape index (κ1) is 22.8. The fourth-order valence-corrected chi connectivity index (χ4v) is 2.99. The maximum Gasteiger partial charge on any atom is 0.315 e. The number of urea groups is 1. The Morgan fingerprint density at radius 2 is 1.88 bits per heavy atom. The third-order valence-corrected chi connectivity index (χ3v) is 4.63. The molecule has 3 rings (SSSR count). The van der Waals surface area contributed by atoms with Crippen molar-refractivity contribution in [3.05, 3.63) is 65.5 Å². The topological polar surface area (TPSA) is 114 Å². The standard InChI is InChI=1S/C21H23F2N7O2/c1-3-4-18(26-21(32)24-12-14-5-7-15(22)8-6-14)20(31)25-16-9-10-17(23)19(11-16)30-13(2)27-28-29-30/h5-11,18H,3-4,12H2,1-2H3,(H,25,31)(H2,24,26,32). The van der Waals surface area contributed by atoms with Crippen molar-refractivity contribution in [3.8, 4) is 5.69 Å². The van der Waals surface area contributed by atoms with E-state index in [4.69, 9.17) is 0 Å². The molecular weight excluding hydrogens is 420 g/mol. The van der Waals surface area contributed by atoms with Crippen molar-refractivity contribution in [3.63, 3.8) is 0 Å². The largest absolute Gasteiger partial charge is 0.334 e. The molecule has 0 aliphatic heterocycles. The van der Waals surface area contributed by atoms with E-state index in [9.17, 15) is 18.4 Å². The van der Waals surface area contributed by atoms with E-state index in [-0.39, 0.29) is 18.0 Å². The smallest absolute Gasteiger partial charge is 0.315 e. The first-order chi connectivity index (χ1) is 15.4. The Kier molecular flexibility index (Phi) is 7.42. The summed E-state index contributed by atoms with van der Waals surface area (Å²) in [7, 11) is 0. The van der Waals surface area contributed by atoms with Gasteiger partial charge < -0.3 is 16.0 Å². The van der Waals surface area contributed by atoms with Gasteiger partial charge in [-0.2, -0.15) is 4.68 Å². The SMILES string of the molecule is CCCC(NC(=O)NCc1ccc(F)cc1)C(=O)Nc1ccc(F)c(-n2nnnc2C)c1. The van der Waals surface area contributed by atoms with Crippen LogP contribution in [-0.4, -0.2) is 38.2 Å². The lowest BCUT2D eigenvalue weighted by atomic mass is 10.1. The minimum atomic E-state index is -0.809. The fraction of sp³-hybridized carbons (Fsp3) is 0.286. The second kappa shape index (κ2) is 10.4. The highest BCUT2D eigenvalue weighted by Crippen LogP contribution is 2.19. The zero-order valence-corrected chi connectivity index (χ0v) is 17.6. The van der Waals surface area contributed by atoms with Crippen LogP contribution in [0.5, 0.6) is 0 Å². The molecule has 0 aliphatic rings. The van der Waals surface area contributed by atoms with Crippen molar-refractivity contribution < 1.29 is 18.4 Å². The molecule has 0 fully saturated rings. The molecule has 0 spiro atoms. The predicted octanol–water partition coefficient (Wildman–Crippen LogP) is 2.86. The average molecular weight is 443 g/mol. The molecule has 32 heavy (non-hydrogen) atoms. The number of carbonyl (C=O) groups is 2. The second-order valence-electron chi connectivity index (χ2n) is 7.09. The Balaban J connectivity index is 1.64. The van der Waals surface area contributed by atoms with Crippen LogP contribution in [0.2, 0.25) is 0 Å². The summed E-state index contributed by atoms with van der Waals surface area (Å²) < 4.78 is 28.4. The lowest BCUT2D eigenvalue weighted by Crippen LogP contribution is -2.47. The Morgan fingerprint density at radius 3 is 2.53 bits per heavy atom. The number of carbonyl (C=O) groups excluding carboxylic acids is 2. The maximum absolute atomic E-state index is 14.2. The molecule has 3 amide bonds. The molecule has 9 nitrogen and oxygen atoms in total. The summed E-state index contributed by atoms with van der Waals surface area (Å²) in [6.07, 6.45) is 1.05. The van der Waals surface area contributed by atoms with E-state index < -0.39 is 23.8 Å². The third-order valence-electron chi connectivity index (χ3n) is 4.63. The minimum Gasteiger partial charge on any atom is -0.334 e. The van der Waals surface area contributed by atoms with Gasteiger partial charge in [-0.15, -0.1) is 5.10 Å². The van der Waals surface area contributed by atoms with Crippen LogP contribution in [0.1, 0.15) is 31.2 Å². The van der Waals surface area contributed by atoms with Crippen molar-refractivity contribution >= 4 is 17.6 Å². The predicted molar refractivity (Wildman–Crippen MR) is 113 cm³/mol. The highest BCUT2D eigenvalue weighted by atomic mass is 19.1. The number of hydrogen-bond acceptors (Lipinski definition) is 5. The molecule has 1 aromatic heterocycles. The van der Waals surface area contributed by atoms with Crippen LogP contribution >= 0.6 is 0 Å². The number of aryl methyl sites for hydroxylation is 1. The number of amides is 3. The van der Waals surface area contributed by atoms with Gasteiger partial charge in [0.25, 0.3) is 0 Å². The summed E-state index contributed by atoms with van der Waals surface area (Å²) in [4.78, 5) is 25.0. The van der Waals surface area contributed by atoms with E-state index in [0.717, 1.165) is 5.56 Å². The molecule has 3 N–H and O–H groups in total. The number of tetrazole rings is 1. The van der Waals surface area contributed by atoms with Gasteiger partial charge in [0, 0.05) is 12.2 Å². The Labute approximate surface area is 183 Å². The third kappa shape index (κ3) is 5.84. The van der Waals surface area contributed by atoms with E-state index in [1.165, 1.54) is 35.0 Å². The lowest BCUT2D eigenvalue weighted by molar-refractivity contribution is -0.118. The number of benzene rings is 2. The number of rotatable bonds is 8. The van der Waals surface area contributed by atoms with Gasteiger partial charge in [-0.3, -0.25) is 4.79 Å². The molecule has 0 radical (unpaired) electrons. The molecule has 11 heteroatoms. The molecule has 0 saturated heterocycles. The van der Waals surface area contributed by atoms with Gasteiger partial charge in [-0.1, -0.05) is 25.5 Å². The van der Waals surface area contributed by atoms with Gasteiger partial charge in [-0.25, -0.2) is 13.6 Å². The van der Waals surface area contributed by atoms with Crippen LogP contribution < -0.4 is 16.0 Å². The van der Waals surface area contributed by atoms with Gasteiger partial charge in [0.2, 0.25) is 5.91 Å². The summed E-state index contributed by atoms with van der Waals surface area (Å²) in [5.41, 5.74) is 1.13. The van der Waals surface area contributed by atoms with Crippen molar-refractivity contribution in [1.82, 2.24) is 30.8 Å². The van der Waals surface area contributed by atoms with Gasteiger partial charge in [0.15, 0.2) is 5.82 Å². The summed E-state index contributed by atoms with van der Waals surface area (Å²) in [5, 5.41) is 18.9. The highest BCUT2D eigenvalue weighted by molar-refractivity contribution is 5.97. The van der Waals surface area contributed by atoms with Crippen molar-refractivity contribution in [1.29, 1.82) is 0 Å². The summed E-state index contributed by atoms with van der Waals surface area (Å²) in [5.74, 6) is -0.982. The van der Waals surface area contributed by atoms with Crippen LogP contribution in [0, 0.1) is 18.6 Å². The van der Waals surface area contributed by atoms with E-state index in [1.54, 1.807) is 19.1 Å². The lowest BCUT2D eigenvalue weighted by Gasteiger charge is -2.19. The number of aromatic nitrogens is 4. The van der Waals surface area contributed by atoms with Crippen LogP contribution in [0.4, 0.5) is 19.3 Å². The summed E-state index contributed by atoms with van der Waals surface area (Å²) >= 11 is 0. The molecule has 0 saturated carbocycles. The van der Waals surface area contributed by atoms with Crippen LogP contribution in [0.15, 0.2) is 42.5 Å². The minimum absolute atomic E-state index is 0.0855. The zero-order valence-electron chi connectivity index (χ0n) is 17.6. The zero-order chi connectivity index (χ0) is 23.1. The average Bonchev–Trinajstić information content (AvgIpc) is 3.20. The van der Waals surface area contributed by atoms with E-state index in [1.807, 2.05) is 6.92 Å². The molecule has 2 aromatic carbocycles. The molecule has 1 unspecified atom stereocenters. The number of nitrogens with one attached hydrogen (secondary N) is 3. The maximum atomic E-state index is 14.2. The number of halogens is 2. The van der Waals surface area contributed by atoms with Gasteiger partial charge in [0.1, 0.15) is 23.4 Å². The first-order valence-electron chi connectivity index (χ1n) is 10.0. The Bertz CT molecular complexity index is 1090. The fourth-order valence-electron chi connectivity index (χ4n) is 2.99. The molecular formula is C21H23F2N7O2. The number of nitrogens with zero attached hydrogens (tertiary/aromatic N) is 4. The van der Waals surface area contributed by atoms with Crippen molar-refractivity contribution in [2.24, 2.45) is 0 Å². The number of anilines is 1. The Hall–Kier alpha value is -3.89. The van der Waals surface area contributed by atoms with Gasteiger partial charge in [0.05, 0.1) is 0 Å². The highest BCUT2D eigenvalue weighted by Gasteiger charge is 2.21. The monoisotopic (exact) mass is 443 g/mol. The van der Waals surface area contributed by atoms with E-state index >= 15 is 0 Å². The molecule has 0 bridgehead atoms. The van der Waals surface area contributed by atoms with Crippen LogP contribution in [0.25, 0.3) is 5.69 Å². The molecule has 168 valence electrons. The molecule has 3 aromatic rings. The molecule has 1 atom stereocenters. The quantitative estimate of drug-likeness (QED) is 0.495. The Morgan fingerprint density at radius 1 is 1.12 bits per heavy atom. The van der Waals surface area contributed by atoms with Crippen LogP contribution in [-0.2, 0) is 11.3 Å². The van der Waals surface area contributed by atoms with Crippen molar-refractivity contribution in [2.45, 2.75) is 39.3 Å². The van der Waals surface area contributed by atoms with Crippen molar-refractivity contribution in [2.75, 3.05) is 5.32 Å². The van der Waals surface area contributed by atoms with Gasteiger partial charge in [-0.05, 0) is 59.7 Å². The van der Waals surface area contributed by atoms with E-state index in [2.05, 4.69) is 31.5 Å². The molecule has 1 heterocycles. The molecule has 0 aliphatic carbocycles.